The fourth-order valence-corrected chi connectivity index (χ4v) is 4.41. The van der Waals surface area contributed by atoms with E-state index >= 15 is 0 Å². The van der Waals surface area contributed by atoms with Crippen molar-refractivity contribution in [2.75, 3.05) is 0 Å². The number of esters is 1. The van der Waals surface area contributed by atoms with Gasteiger partial charge in [0, 0.05) is 0 Å². The van der Waals surface area contributed by atoms with Crippen LogP contribution in [0.2, 0.25) is 0 Å². The molecule has 2 aromatic rings. The van der Waals surface area contributed by atoms with Crippen LogP contribution in [0.4, 0.5) is 13.2 Å². The second-order valence-electron chi connectivity index (χ2n) is 8.60. The molecule has 0 aromatic heterocycles. The number of carbonyl (C=O) groups excluding carboxylic acids is 1. The maximum Gasteiger partial charge on any atom is 0.416 e. The van der Waals surface area contributed by atoms with Crippen LogP contribution in [0.25, 0.3) is 0 Å². The standard InChI is InChI=1S/C26H31F3O2/c1-2-3-4-5-6-19-7-9-20(10-8-19)21-11-13-22(14-12-21)25(30)31-24-17-15-23(16-18-24)26(27,28)29/h11-20H,2-10H2,1H3. The largest absolute Gasteiger partial charge is 0.423 e. The Balaban J connectivity index is 1.49. The number of unbranched alkanes of at least 4 members (excludes halogenated alkanes) is 3. The maximum atomic E-state index is 12.6. The van der Waals surface area contributed by atoms with E-state index in [4.69, 9.17) is 4.74 Å². The Hall–Kier alpha value is -2.30. The normalized spacial score (nSPS) is 19.2. The van der Waals surface area contributed by atoms with Crippen LogP contribution in [0, 0.1) is 5.92 Å². The number of benzene rings is 2. The third-order valence-electron chi connectivity index (χ3n) is 6.32. The SMILES string of the molecule is CCCCCCC1CCC(c2ccc(C(=O)Oc3ccc(C(F)(F)F)cc3)cc2)CC1. The first-order chi connectivity index (χ1) is 14.9. The maximum absolute atomic E-state index is 12.6. The lowest BCUT2D eigenvalue weighted by atomic mass is 9.77. The molecule has 0 unspecified atom stereocenters. The van der Waals surface area contributed by atoms with Gasteiger partial charge in [-0.1, -0.05) is 51.2 Å². The quantitative estimate of drug-likeness (QED) is 0.239. The van der Waals surface area contributed by atoms with Gasteiger partial charge in [0.15, 0.2) is 0 Å². The molecule has 2 aromatic carbocycles. The van der Waals surface area contributed by atoms with Crippen LogP contribution in [0.5, 0.6) is 5.75 Å². The van der Waals surface area contributed by atoms with Crippen molar-refractivity contribution in [2.24, 2.45) is 5.92 Å². The molecule has 0 heterocycles. The van der Waals surface area contributed by atoms with E-state index in [0.717, 1.165) is 30.2 Å². The summed E-state index contributed by atoms with van der Waals surface area (Å²) >= 11 is 0. The van der Waals surface area contributed by atoms with Crippen molar-refractivity contribution < 1.29 is 22.7 Å². The zero-order chi connectivity index (χ0) is 22.3. The van der Waals surface area contributed by atoms with Crippen molar-refractivity contribution in [3.63, 3.8) is 0 Å². The van der Waals surface area contributed by atoms with E-state index < -0.39 is 17.7 Å². The molecule has 0 atom stereocenters. The molecule has 2 nitrogen and oxygen atoms in total. The second-order valence-corrected chi connectivity index (χ2v) is 8.60. The molecule has 0 saturated heterocycles. The van der Waals surface area contributed by atoms with E-state index in [1.165, 1.54) is 63.4 Å². The lowest BCUT2D eigenvalue weighted by Gasteiger charge is -2.29. The van der Waals surface area contributed by atoms with Gasteiger partial charge in [0.25, 0.3) is 0 Å². The van der Waals surface area contributed by atoms with Gasteiger partial charge in [-0.3, -0.25) is 0 Å². The number of hydrogen-bond acceptors (Lipinski definition) is 2. The van der Waals surface area contributed by atoms with E-state index in [1.807, 2.05) is 12.1 Å². The predicted octanol–water partition coefficient (Wildman–Crippen LogP) is 8.17. The van der Waals surface area contributed by atoms with Gasteiger partial charge < -0.3 is 4.74 Å². The molecule has 1 fully saturated rings. The molecule has 0 N–H and O–H groups in total. The first kappa shape index (κ1) is 23.4. The highest BCUT2D eigenvalue weighted by atomic mass is 19.4. The van der Waals surface area contributed by atoms with Crippen LogP contribution >= 0.6 is 0 Å². The Morgan fingerprint density at radius 3 is 2.13 bits per heavy atom. The number of rotatable bonds is 8. The summed E-state index contributed by atoms with van der Waals surface area (Å²) in [6, 6.07) is 11.6. The van der Waals surface area contributed by atoms with Crippen LogP contribution in [0.1, 0.15) is 92.1 Å². The molecule has 3 rings (SSSR count). The van der Waals surface area contributed by atoms with Crippen molar-refractivity contribution in [1.29, 1.82) is 0 Å². The van der Waals surface area contributed by atoms with E-state index in [9.17, 15) is 18.0 Å². The van der Waals surface area contributed by atoms with Crippen molar-refractivity contribution in [3.05, 3.63) is 65.2 Å². The fourth-order valence-electron chi connectivity index (χ4n) is 4.41. The predicted molar refractivity (Wildman–Crippen MR) is 116 cm³/mol. The van der Waals surface area contributed by atoms with Crippen LogP contribution in [-0.4, -0.2) is 5.97 Å². The number of ether oxygens (including phenoxy) is 1. The summed E-state index contributed by atoms with van der Waals surface area (Å²) in [6.45, 7) is 2.24. The van der Waals surface area contributed by atoms with E-state index in [-0.39, 0.29) is 5.75 Å². The van der Waals surface area contributed by atoms with Crippen molar-refractivity contribution in [3.8, 4) is 5.75 Å². The Labute approximate surface area is 182 Å². The van der Waals surface area contributed by atoms with Gasteiger partial charge in [0.05, 0.1) is 11.1 Å². The van der Waals surface area contributed by atoms with Crippen molar-refractivity contribution in [1.82, 2.24) is 0 Å². The minimum atomic E-state index is -4.41. The molecule has 5 heteroatoms. The summed E-state index contributed by atoms with van der Waals surface area (Å²) in [7, 11) is 0. The monoisotopic (exact) mass is 432 g/mol. The van der Waals surface area contributed by atoms with E-state index in [0.29, 0.717) is 11.5 Å². The summed E-state index contributed by atoms with van der Waals surface area (Å²) in [5, 5.41) is 0. The summed E-state index contributed by atoms with van der Waals surface area (Å²) in [4.78, 5) is 12.3. The van der Waals surface area contributed by atoms with Crippen LogP contribution in [-0.2, 0) is 6.18 Å². The average molecular weight is 433 g/mol. The van der Waals surface area contributed by atoms with Crippen LogP contribution in [0.15, 0.2) is 48.5 Å². The molecule has 1 saturated carbocycles. The molecular formula is C26H31F3O2. The number of alkyl halides is 3. The minimum absolute atomic E-state index is 0.0966. The lowest BCUT2D eigenvalue weighted by Crippen LogP contribution is -2.14. The van der Waals surface area contributed by atoms with Crippen LogP contribution in [0.3, 0.4) is 0 Å². The molecule has 0 aliphatic heterocycles. The zero-order valence-electron chi connectivity index (χ0n) is 18.1. The van der Waals surface area contributed by atoms with Gasteiger partial charge in [-0.25, -0.2) is 4.79 Å². The minimum Gasteiger partial charge on any atom is -0.423 e. The third kappa shape index (κ3) is 6.84. The molecule has 0 amide bonds. The average Bonchev–Trinajstić information content (AvgIpc) is 2.77. The first-order valence-electron chi connectivity index (χ1n) is 11.4. The van der Waals surface area contributed by atoms with Gasteiger partial charge >= 0.3 is 12.1 Å². The van der Waals surface area contributed by atoms with Gasteiger partial charge in [-0.15, -0.1) is 0 Å². The van der Waals surface area contributed by atoms with E-state index in [1.54, 1.807) is 12.1 Å². The third-order valence-corrected chi connectivity index (χ3v) is 6.32. The number of hydrogen-bond donors (Lipinski definition) is 0. The van der Waals surface area contributed by atoms with Crippen LogP contribution < -0.4 is 4.74 Å². The molecule has 1 aliphatic carbocycles. The Morgan fingerprint density at radius 2 is 1.55 bits per heavy atom. The lowest BCUT2D eigenvalue weighted by molar-refractivity contribution is -0.137. The molecule has 0 spiro atoms. The highest BCUT2D eigenvalue weighted by molar-refractivity contribution is 5.91. The van der Waals surface area contributed by atoms with Crippen molar-refractivity contribution in [2.45, 2.75) is 76.8 Å². The molecule has 168 valence electrons. The fraction of sp³-hybridized carbons (Fsp3) is 0.500. The molecule has 1 aliphatic rings. The highest BCUT2D eigenvalue weighted by Gasteiger charge is 2.30. The number of carbonyl (C=O) groups is 1. The number of halogens is 3. The Kier molecular flexibility index (Phi) is 8.16. The zero-order valence-corrected chi connectivity index (χ0v) is 18.1. The summed E-state index contributed by atoms with van der Waals surface area (Å²) in [5.41, 5.74) is 0.871. The van der Waals surface area contributed by atoms with E-state index in [2.05, 4.69) is 6.92 Å². The summed E-state index contributed by atoms with van der Waals surface area (Å²) in [6.07, 6.45) is 7.17. The van der Waals surface area contributed by atoms with Crippen molar-refractivity contribution >= 4 is 5.97 Å². The molecule has 0 bridgehead atoms. The van der Waals surface area contributed by atoms with Gasteiger partial charge in [-0.2, -0.15) is 13.2 Å². The second kappa shape index (κ2) is 10.8. The smallest absolute Gasteiger partial charge is 0.416 e. The van der Waals surface area contributed by atoms with Gasteiger partial charge in [0.2, 0.25) is 0 Å². The Morgan fingerprint density at radius 1 is 0.903 bits per heavy atom. The molecule has 31 heavy (non-hydrogen) atoms. The topological polar surface area (TPSA) is 26.3 Å². The van der Waals surface area contributed by atoms with Gasteiger partial charge in [0.1, 0.15) is 5.75 Å². The molecule has 0 radical (unpaired) electrons. The first-order valence-corrected chi connectivity index (χ1v) is 11.4. The Bertz CT molecular complexity index is 817. The summed E-state index contributed by atoms with van der Waals surface area (Å²) in [5.74, 6) is 0.916. The van der Waals surface area contributed by atoms with Gasteiger partial charge in [-0.05, 0) is 79.5 Å². The summed E-state index contributed by atoms with van der Waals surface area (Å²) < 4.78 is 43.1. The molecular weight excluding hydrogens is 401 g/mol. The highest BCUT2D eigenvalue weighted by Crippen LogP contribution is 2.38.